The highest BCUT2D eigenvalue weighted by molar-refractivity contribution is 5.74. The van der Waals surface area contributed by atoms with Crippen LogP contribution in [0, 0.1) is 23.5 Å². The molecule has 0 unspecified atom stereocenters. The van der Waals surface area contributed by atoms with Crippen molar-refractivity contribution in [3.8, 4) is 34.1 Å². The molecule has 4 aromatic rings. The Balaban J connectivity index is 2.04. The smallest absolute Gasteiger partial charge is 0.263 e. The van der Waals surface area contributed by atoms with E-state index in [9.17, 15) is 10.1 Å². The van der Waals surface area contributed by atoms with E-state index in [1.165, 1.54) is 0 Å². The summed E-state index contributed by atoms with van der Waals surface area (Å²) < 4.78 is 1.55. The average Bonchev–Trinajstić information content (AvgIpc) is 2.75. The number of nitrogens with zero attached hydrogens (tertiary/aromatic N) is 3. The van der Waals surface area contributed by atoms with Crippen LogP contribution in [0.2, 0.25) is 0 Å². The summed E-state index contributed by atoms with van der Waals surface area (Å²) >= 11 is 0. The van der Waals surface area contributed by atoms with E-state index in [1.54, 1.807) is 59.4 Å². The first-order valence-electron chi connectivity index (χ1n) is 8.34. The van der Waals surface area contributed by atoms with E-state index in [0.29, 0.717) is 22.4 Å². The second-order valence-electron chi connectivity index (χ2n) is 5.88. The summed E-state index contributed by atoms with van der Waals surface area (Å²) in [6, 6.07) is 27.6. The maximum Gasteiger partial charge on any atom is 0.263 e. The van der Waals surface area contributed by atoms with Crippen molar-refractivity contribution in [3.05, 3.63) is 107 Å². The van der Waals surface area contributed by atoms with E-state index in [2.05, 4.69) is 23.2 Å². The van der Waals surface area contributed by atoms with Crippen molar-refractivity contribution in [1.29, 1.82) is 5.26 Å². The van der Waals surface area contributed by atoms with Crippen LogP contribution in [0.5, 0.6) is 0 Å². The molecule has 0 N–H and O–H groups in total. The summed E-state index contributed by atoms with van der Waals surface area (Å²) in [5, 5.41) is 9.46. The molecule has 4 nitrogen and oxygen atoms in total. The van der Waals surface area contributed by atoms with Crippen molar-refractivity contribution < 1.29 is 0 Å². The fraction of sp³-hybridized carbons (Fsp3) is 0. The Morgan fingerprint density at radius 3 is 2.59 bits per heavy atom. The van der Waals surface area contributed by atoms with Crippen molar-refractivity contribution >= 4 is 0 Å². The number of hydrogen-bond acceptors (Lipinski definition) is 3. The number of pyridine rings is 2. The van der Waals surface area contributed by atoms with Crippen LogP contribution in [0.4, 0.5) is 0 Å². The molecule has 126 valence electrons. The number of rotatable bonds is 3. The van der Waals surface area contributed by atoms with Gasteiger partial charge in [0.2, 0.25) is 0 Å². The lowest BCUT2D eigenvalue weighted by atomic mass is 9.99. The molecule has 4 heteroatoms. The monoisotopic (exact) mass is 347 g/mol. The van der Waals surface area contributed by atoms with E-state index in [-0.39, 0.29) is 5.56 Å². The van der Waals surface area contributed by atoms with Gasteiger partial charge in [0.05, 0.1) is 23.0 Å². The highest BCUT2D eigenvalue weighted by atomic mass is 16.1. The van der Waals surface area contributed by atoms with Crippen LogP contribution < -0.4 is 5.56 Å². The van der Waals surface area contributed by atoms with Gasteiger partial charge < -0.3 is 0 Å². The molecule has 2 aromatic heterocycles. The van der Waals surface area contributed by atoms with Gasteiger partial charge in [-0.2, -0.15) is 5.26 Å². The number of aromatic nitrogens is 2. The summed E-state index contributed by atoms with van der Waals surface area (Å²) in [5.74, 6) is 0. The highest BCUT2D eigenvalue weighted by Gasteiger charge is 2.14. The Bertz CT molecular complexity index is 1190. The van der Waals surface area contributed by atoms with Crippen LogP contribution in [0.15, 0.2) is 83.9 Å². The van der Waals surface area contributed by atoms with Gasteiger partial charge in [0, 0.05) is 35.2 Å². The zero-order valence-electron chi connectivity index (χ0n) is 14.3. The van der Waals surface area contributed by atoms with Crippen molar-refractivity contribution in [2.24, 2.45) is 0 Å². The van der Waals surface area contributed by atoms with Crippen molar-refractivity contribution in [3.63, 3.8) is 0 Å². The van der Waals surface area contributed by atoms with Crippen LogP contribution in [0.3, 0.4) is 0 Å². The van der Waals surface area contributed by atoms with E-state index in [0.717, 1.165) is 11.3 Å². The van der Waals surface area contributed by atoms with Crippen molar-refractivity contribution in [2.45, 2.75) is 0 Å². The molecule has 0 atom stereocenters. The van der Waals surface area contributed by atoms with Gasteiger partial charge in [0.15, 0.2) is 0 Å². The molecule has 0 fully saturated rings. The Morgan fingerprint density at radius 2 is 1.85 bits per heavy atom. The van der Waals surface area contributed by atoms with Gasteiger partial charge in [-0.25, -0.2) is 0 Å². The summed E-state index contributed by atoms with van der Waals surface area (Å²) in [7, 11) is 0. The standard InChI is InChI=1S/C23H13N3O/c24-15-17-8-4-5-11-20(17)21-14-18(22-12-6-7-13-25-22)16-26(23(21)27)19-9-2-1-3-10-19/h2,4-14,16H. The first kappa shape index (κ1) is 16.3. The lowest BCUT2D eigenvalue weighted by Gasteiger charge is -2.12. The lowest BCUT2D eigenvalue weighted by Crippen LogP contribution is -2.20. The molecule has 0 aliphatic heterocycles. The highest BCUT2D eigenvalue weighted by Crippen LogP contribution is 2.25. The topological polar surface area (TPSA) is 58.7 Å². The molecule has 0 amide bonds. The molecule has 0 saturated carbocycles. The van der Waals surface area contributed by atoms with Gasteiger partial charge >= 0.3 is 0 Å². The Labute approximate surface area is 156 Å². The van der Waals surface area contributed by atoms with Gasteiger partial charge in [-0.05, 0) is 36.4 Å². The number of nitriles is 1. The second kappa shape index (κ2) is 7.00. The predicted octanol–water partition coefficient (Wildman–Crippen LogP) is 4.04. The second-order valence-corrected chi connectivity index (χ2v) is 5.88. The predicted molar refractivity (Wildman–Crippen MR) is 103 cm³/mol. The maximum atomic E-state index is 13.2. The van der Waals surface area contributed by atoms with Gasteiger partial charge in [0.1, 0.15) is 0 Å². The maximum absolute atomic E-state index is 13.2. The summed E-state index contributed by atoms with van der Waals surface area (Å²) in [4.78, 5) is 17.6. The minimum atomic E-state index is -0.211. The molecular formula is C23H13N3O. The molecule has 0 spiro atoms. The minimum absolute atomic E-state index is 0.211. The van der Waals surface area contributed by atoms with Crippen LogP contribution in [0.1, 0.15) is 5.56 Å². The van der Waals surface area contributed by atoms with Gasteiger partial charge in [-0.1, -0.05) is 36.4 Å². The normalized spacial score (nSPS) is 10.0. The third-order valence-corrected chi connectivity index (χ3v) is 4.23. The minimum Gasteiger partial charge on any atom is -0.282 e. The van der Waals surface area contributed by atoms with E-state index < -0.39 is 0 Å². The first-order chi connectivity index (χ1) is 13.3. The molecular weight excluding hydrogens is 334 g/mol. The Kier molecular flexibility index (Phi) is 4.23. The average molecular weight is 347 g/mol. The fourth-order valence-electron chi connectivity index (χ4n) is 2.94. The third-order valence-electron chi connectivity index (χ3n) is 4.23. The third kappa shape index (κ3) is 3.08. The van der Waals surface area contributed by atoms with Crippen LogP contribution in [0.25, 0.3) is 28.1 Å². The number of benzene rings is 1. The Morgan fingerprint density at radius 1 is 1.00 bits per heavy atom. The molecule has 0 radical (unpaired) electrons. The molecule has 4 rings (SSSR count). The molecule has 2 aromatic carbocycles. The molecule has 0 bridgehead atoms. The molecule has 27 heavy (non-hydrogen) atoms. The molecule has 0 saturated heterocycles. The SMILES string of the molecule is N#Cc1ccccc1-c1cc(-c2ccccn2)cn(-c2cc#ccc2)c1=O. The lowest BCUT2D eigenvalue weighted by molar-refractivity contribution is 0.994. The Hall–Kier alpha value is -4.15. The van der Waals surface area contributed by atoms with E-state index in [1.807, 2.05) is 24.3 Å². The first-order valence-corrected chi connectivity index (χ1v) is 8.34. The van der Waals surface area contributed by atoms with Gasteiger partial charge in [0.25, 0.3) is 5.56 Å². The van der Waals surface area contributed by atoms with Crippen molar-refractivity contribution in [2.75, 3.05) is 0 Å². The molecule has 0 aliphatic rings. The molecule has 0 aliphatic carbocycles. The zero-order chi connectivity index (χ0) is 18.6. The van der Waals surface area contributed by atoms with Gasteiger partial charge in [-0.15, -0.1) is 0 Å². The van der Waals surface area contributed by atoms with Crippen LogP contribution >= 0.6 is 0 Å². The zero-order valence-corrected chi connectivity index (χ0v) is 14.3. The number of hydrogen-bond donors (Lipinski definition) is 0. The summed E-state index contributed by atoms with van der Waals surface area (Å²) in [6.07, 6.45) is 3.46. The van der Waals surface area contributed by atoms with Crippen LogP contribution in [-0.4, -0.2) is 9.55 Å². The van der Waals surface area contributed by atoms with E-state index >= 15 is 0 Å². The van der Waals surface area contributed by atoms with Gasteiger partial charge in [-0.3, -0.25) is 14.3 Å². The fourth-order valence-corrected chi connectivity index (χ4v) is 2.94. The summed E-state index contributed by atoms with van der Waals surface area (Å²) in [6.45, 7) is 0. The summed E-state index contributed by atoms with van der Waals surface area (Å²) in [5.41, 5.74) is 3.49. The van der Waals surface area contributed by atoms with Crippen molar-refractivity contribution in [1.82, 2.24) is 9.55 Å². The quantitative estimate of drug-likeness (QED) is 0.562. The van der Waals surface area contributed by atoms with Crippen LogP contribution in [-0.2, 0) is 0 Å². The largest absolute Gasteiger partial charge is 0.282 e. The molecule has 2 heterocycles. The van der Waals surface area contributed by atoms with E-state index in [4.69, 9.17) is 0 Å².